The number of aromatic nitrogens is 2. The predicted molar refractivity (Wildman–Crippen MR) is 92.7 cm³/mol. The zero-order valence-electron chi connectivity index (χ0n) is 14.9. The molecule has 136 valence electrons. The van der Waals surface area contributed by atoms with Crippen LogP contribution in [0, 0.1) is 5.92 Å². The molecule has 0 saturated carbocycles. The summed E-state index contributed by atoms with van der Waals surface area (Å²) in [7, 11) is 2.08. The largest absolute Gasteiger partial charge is 0.468 e. The van der Waals surface area contributed by atoms with E-state index in [1.54, 1.807) is 12.5 Å². The number of furan rings is 1. The molecule has 1 atom stereocenters. The Hall–Kier alpha value is -2.12. The quantitative estimate of drug-likeness (QED) is 0.762. The first-order valence-electron chi connectivity index (χ1n) is 8.72. The highest BCUT2D eigenvalue weighted by Crippen LogP contribution is 2.17. The van der Waals surface area contributed by atoms with Crippen molar-refractivity contribution in [3.05, 3.63) is 42.4 Å². The molecule has 2 aromatic rings. The summed E-state index contributed by atoms with van der Waals surface area (Å²) < 4.78 is 12.9. The van der Waals surface area contributed by atoms with Crippen molar-refractivity contribution >= 4 is 5.91 Å². The second-order valence-electron chi connectivity index (χ2n) is 6.55. The number of hydrogen-bond acceptors (Lipinski definition) is 5. The fourth-order valence-electron chi connectivity index (χ4n) is 3.30. The molecule has 0 aromatic carbocycles. The van der Waals surface area contributed by atoms with Crippen molar-refractivity contribution in [3.8, 4) is 0 Å². The molecule has 3 heterocycles. The standard InChI is InChI=1S/C18H26N4O3/c1-3-24-14-18(23)22-11-15(10-21-7-6-19-17(21)13-22)9-20(2)12-16-5-4-8-25-16/h4-8,15H,3,9-14H2,1-2H3/t15-/m1/s1. The lowest BCUT2D eigenvalue weighted by atomic mass is 10.1. The van der Waals surface area contributed by atoms with Gasteiger partial charge in [0.15, 0.2) is 0 Å². The summed E-state index contributed by atoms with van der Waals surface area (Å²) in [6.45, 7) is 6.31. The zero-order valence-corrected chi connectivity index (χ0v) is 14.9. The van der Waals surface area contributed by atoms with Crippen LogP contribution < -0.4 is 0 Å². The van der Waals surface area contributed by atoms with E-state index in [4.69, 9.17) is 9.15 Å². The number of amides is 1. The first-order valence-corrected chi connectivity index (χ1v) is 8.72. The fourth-order valence-corrected chi connectivity index (χ4v) is 3.30. The number of imidazole rings is 1. The van der Waals surface area contributed by atoms with Crippen LogP contribution in [0.1, 0.15) is 18.5 Å². The van der Waals surface area contributed by atoms with Crippen LogP contribution in [0.3, 0.4) is 0 Å². The maximum atomic E-state index is 12.5. The number of carbonyl (C=O) groups excluding carboxylic acids is 1. The lowest BCUT2D eigenvalue weighted by molar-refractivity contribution is -0.137. The molecule has 1 aliphatic heterocycles. The molecule has 1 aliphatic rings. The van der Waals surface area contributed by atoms with Crippen molar-refractivity contribution in [1.82, 2.24) is 19.4 Å². The molecule has 1 amide bonds. The highest BCUT2D eigenvalue weighted by Gasteiger charge is 2.26. The van der Waals surface area contributed by atoms with E-state index in [1.807, 2.05) is 30.2 Å². The molecule has 0 radical (unpaired) electrons. The van der Waals surface area contributed by atoms with Crippen molar-refractivity contribution in [2.75, 3.05) is 33.4 Å². The Labute approximate surface area is 148 Å². The van der Waals surface area contributed by atoms with E-state index in [2.05, 4.69) is 21.5 Å². The average Bonchev–Trinajstić information content (AvgIpc) is 3.21. The molecule has 7 heteroatoms. The number of carbonyl (C=O) groups is 1. The highest BCUT2D eigenvalue weighted by atomic mass is 16.5. The Kier molecular flexibility index (Phi) is 5.88. The van der Waals surface area contributed by atoms with Crippen LogP contribution in [0.5, 0.6) is 0 Å². The van der Waals surface area contributed by atoms with E-state index in [1.165, 1.54) is 0 Å². The van der Waals surface area contributed by atoms with Crippen LogP contribution in [-0.2, 0) is 29.2 Å². The van der Waals surface area contributed by atoms with Gasteiger partial charge in [-0.3, -0.25) is 9.69 Å². The first kappa shape index (κ1) is 17.7. The van der Waals surface area contributed by atoms with Gasteiger partial charge in [0.05, 0.1) is 19.4 Å². The summed E-state index contributed by atoms with van der Waals surface area (Å²) >= 11 is 0. The molecule has 25 heavy (non-hydrogen) atoms. The predicted octanol–water partition coefficient (Wildman–Crippen LogP) is 1.60. The van der Waals surface area contributed by atoms with Crippen molar-refractivity contribution in [2.24, 2.45) is 5.92 Å². The monoisotopic (exact) mass is 346 g/mol. The van der Waals surface area contributed by atoms with Gasteiger partial charge in [-0.05, 0) is 26.1 Å². The minimum Gasteiger partial charge on any atom is -0.468 e. The second-order valence-corrected chi connectivity index (χ2v) is 6.55. The van der Waals surface area contributed by atoms with Gasteiger partial charge in [0.25, 0.3) is 0 Å². The molecule has 0 aliphatic carbocycles. The van der Waals surface area contributed by atoms with Crippen LogP contribution in [0.4, 0.5) is 0 Å². The van der Waals surface area contributed by atoms with Gasteiger partial charge < -0.3 is 18.6 Å². The smallest absolute Gasteiger partial charge is 0.248 e. The molecule has 7 nitrogen and oxygen atoms in total. The molecule has 0 bridgehead atoms. The van der Waals surface area contributed by atoms with E-state index in [0.29, 0.717) is 25.6 Å². The second kappa shape index (κ2) is 8.31. The van der Waals surface area contributed by atoms with E-state index in [0.717, 1.165) is 31.2 Å². The van der Waals surface area contributed by atoms with Gasteiger partial charge in [-0.25, -0.2) is 4.98 Å². The Morgan fingerprint density at radius 2 is 2.36 bits per heavy atom. The molecule has 0 saturated heterocycles. The molecule has 0 N–H and O–H groups in total. The zero-order chi connectivity index (χ0) is 17.6. The minimum absolute atomic E-state index is 0.0250. The van der Waals surface area contributed by atoms with Crippen LogP contribution in [0.25, 0.3) is 0 Å². The highest BCUT2D eigenvalue weighted by molar-refractivity contribution is 5.77. The SMILES string of the molecule is CCOCC(=O)N1Cc2nccn2C[C@@H](CN(C)Cc2ccco2)C1. The average molecular weight is 346 g/mol. The van der Waals surface area contributed by atoms with Gasteiger partial charge in [-0.15, -0.1) is 0 Å². The maximum Gasteiger partial charge on any atom is 0.248 e. The Morgan fingerprint density at radius 1 is 1.48 bits per heavy atom. The van der Waals surface area contributed by atoms with Crippen LogP contribution in [-0.4, -0.2) is 58.6 Å². The summed E-state index contributed by atoms with van der Waals surface area (Å²) in [5.41, 5.74) is 0. The molecule has 0 fully saturated rings. The Balaban J connectivity index is 1.66. The van der Waals surface area contributed by atoms with Gasteiger partial charge in [0, 0.05) is 44.6 Å². The summed E-state index contributed by atoms with van der Waals surface area (Å²) in [4.78, 5) is 21.0. The molecule has 0 spiro atoms. The molecular weight excluding hydrogens is 320 g/mol. The molecular formula is C18H26N4O3. The third-order valence-electron chi connectivity index (χ3n) is 4.43. The van der Waals surface area contributed by atoms with Crippen molar-refractivity contribution < 1.29 is 13.9 Å². The molecule has 0 unspecified atom stereocenters. The van der Waals surface area contributed by atoms with Gasteiger partial charge >= 0.3 is 0 Å². The number of hydrogen-bond donors (Lipinski definition) is 0. The Morgan fingerprint density at radius 3 is 3.12 bits per heavy atom. The van der Waals surface area contributed by atoms with Crippen LogP contribution in [0.15, 0.2) is 35.2 Å². The van der Waals surface area contributed by atoms with Crippen molar-refractivity contribution in [3.63, 3.8) is 0 Å². The minimum atomic E-state index is 0.0250. The number of fused-ring (bicyclic) bond motifs is 1. The summed E-state index contributed by atoms with van der Waals surface area (Å²) in [5, 5.41) is 0. The van der Waals surface area contributed by atoms with Crippen LogP contribution >= 0.6 is 0 Å². The lowest BCUT2D eigenvalue weighted by Gasteiger charge is -2.27. The van der Waals surface area contributed by atoms with Crippen LogP contribution in [0.2, 0.25) is 0 Å². The maximum absolute atomic E-state index is 12.5. The number of nitrogens with zero attached hydrogens (tertiary/aromatic N) is 4. The van der Waals surface area contributed by atoms with E-state index in [9.17, 15) is 4.79 Å². The molecule has 3 rings (SSSR count). The topological polar surface area (TPSA) is 63.7 Å². The lowest BCUT2D eigenvalue weighted by Crippen LogP contribution is -2.39. The van der Waals surface area contributed by atoms with E-state index < -0.39 is 0 Å². The first-order chi connectivity index (χ1) is 12.2. The van der Waals surface area contributed by atoms with E-state index in [-0.39, 0.29) is 12.5 Å². The Bertz CT molecular complexity index is 668. The third kappa shape index (κ3) is 4.70. The fraction of sp³-hybridized carbons (Fsp3) is 0.556. The van der Waals surface area contributed by atoms with Gasteiger partial charge in [0.1, 0.15) is 18.2 Å². The van der Waals surface area contributed by atoms with Gasteiger partial charge in [-0.2, -0.15) is 0 Å². The normalized spacial score (nSPS) is 17.6. The molecule has 2 aromatic heterocycles. The number of rotatable bonds is 7. The van der Waals surface area contributed by atoms with Gasteiger partial charge in [0.2, 0.25) is 5.91 Å². The van der Waals surface area contributed by atoms with Gasteiger partial charge in [-0.1, -0.05) is 0 Å². The summed E-state index contributed by atoms with van der Waals surface area (Å²) in [6, 6.07) is 3.89. The van der Waals surface area contributed by atoms with Crippen molar-refractivity contribution in [1.29, 1.82) is 0 Å². The number of ether oxygens (including phenoxy) is 1. The summed E-state index contributed by atoms with van der Waals surface area (Å²) in [5.74, 6) is 2.22. The van der Waals surface area contributed by atoms with Crippen molar-refractivity contribution in [2.45, 2.75) is 26.6 Å². The third-order valence-corrected chi connectivity index (χ3v) is 4.43. The summed E-state index contributed by atoms with van der Waals surface area (Å²) in [6.07, 6.45) is 5.49. The van der Waals surface area contributed by atoms with E-state index >= 15 is 0 Å².